The van der Waals surface area contributed by atoms with Gasteiger partial charge in [-0.25, -0.2) is 0 Å². The van der Waals surface area contributed by atoms with E-state index in [1.54, 1.807) is 36.4 Å². The number of Topliss-reactive ketones (excluding diaryl/α,β-unsaturated/α-hetero) is 1. The van der Waals surface area contributed by atoms with Gasteiger partial charge in [0.2, 0.25) is 0 Å². The molecule has 0 heterocycles. The quantitative estimate of drug-likeness (QED) is 0.476. The predicted molar refractivity (Wildman–Crippen MR) is 69.6 cm³/mol. The van der Waals surface area contributed by atoms with Crippen LogP contribution in [0.15, 0.2) is 48.5 Å². The largest absolute Gasteiger partial charge is 0.457 e. The van der Waals surface area contributed by atoms with Crippen molar-refractivity contribution in [2.45, 2.75) is 6.92 Å². The topological polar surface area (TPSA) is 69.4 Å². The second kappa shape index (κ2) is 5.30. The predicted octanol–water partition coefficient (Wildman–Crippen LogP) is 3.59. The molecule has 19 heavy (non-hydrogen) atoms. The molecule has 0 bridgehead atoms. The van der Waals surface area contributed by atoms with Crippen molar-refractivity contribution >= 4 is 11.5 Å². The molecule has 2 aromatic carbocycles. The fourth-order valence-corrected chi connectivity index (χ4v) is 1.55. The first kappa shape index (κ1) is 12.8. The van der Waals surface area contributed by atoms with Gasteiger partial charge in [-0.3, -0.25) is 14.9 Å². The second-order valence-electron chi connectivity index (χ2n) is 3.94. The minimum atomic E-state index is -0.480. The molecule has 0 radical (unpaired) electrons. The van der Waals surface area contributed by atoms with Crippen molar-refractivity contribution < 1.29 is 14.5 Å². The average molecular weight is 257 g/mol. The summed E-state index contributed by atoms with van der Waals surface area (Å²) in [6.07, 6.45) is 0. The van der Waals surface area contributed by atoms with E-state index in [4.69, 9.17) is 4.74 Å². The summed E-state index contributed by atoms with van der Waals surface area (Å²) in [5.41, 5.74) is 0.559. The van der Waals surface area contributed by atoms with Gasteiger partial charge in [0, 0.05) is 11.6 Å². The number of nitro benzene ring substituents is 1. The van der Waals surface area contributed by atoms with Crippen molar-refractivity contribution in [2.24, 2.45) is 0 Å². The minimum Gasteiger partial charge on any atom is -0.457 e. The van der Waals surface area contributed by atoms with Crippen molar-refractivity contribution in [2.75, 3.05) is 0 Å². The maximum atomic E-state index is 11.1. The summed E-state index contributed by atoms with van der Waals surface area (Å²) in [6, 6.07) is 12.5. The van der Waals surface area contributed by atoms with Gasteiger partial charge in [-0.05, 0) is 37.3 Å². The molecule has 2 aromatic rings. The van der Waals surface area contributed by atoms with Crippen LogP contribution in [0.25, 0.3) is 0 Å². The number of carbonyl (C=O) groups excluding carboxylic acids is 1. The zero-order valence-corrected chi connectivity index (χ0v) is 10.2. The Hall–Kier alpha value is -2.69. The van der Waals surface area contributed by atoms with Crippen LogP contribution in [0.2, 0.25) is 0 Å². The molecule has 0 aliphatic heterocycles. The summed E-state index contributed by atoms with van der Waals surface area (Å²) in [5, 5.41) is 10.6. The second-order valence-corrected chi connectivity index (χ2v) is 3.94. The van der Waals surface area contributed by atoms with Gasteiger partial charge >= 0.3 is 0 Å². The maximum Gasteiger partial charge on any atom is 0.273 e. The lowest BCUT2D eigenvalue weighted by Gasteiger charge is -2.05. The summed E-state index contributed by atoms with van der Waals surface area (Å²) in [5.74, 6) is 0.872. The molecule has 0 fully saturated rings. The Morgan fingerprint density at radius 2 is 1.79 bits per heavy atom. The highest BCUT2D eigenvalue weighted by Crippen LogP contribution is 2.25. The highest BCUT2D eigenvalue weighted by molar-refractivity contribution is 5.94. The summed E-state index contributed by atoms with van der Waals surface area (Å²) < 4.78 is 5.49. The highest BCUT2D eigenvalue weighted by atomic mass is 16.6. The van der Waals surface area contributed by atoms with Crippen LogP contribution in [0.4, 0.5) is 5.69 Å². The molecule has 0 aliphatic carbocycles. The van der Waals surface area contributed by atoms with Crippen LogP contribution >= 0.6 is 0 Å². The molecular weight excluding hydrogens is 246 g/mol. The van der Waals surface area contributed by atoms with Crippen LogP contribution in [-0.2, 0) is 0 Å². The van der Waals surface area contributed by atoms with E-state index in [2.05, 4.69) is 0 Å². The van der Waals surface area contributed by atoms with E-state index in [1.807, 2.05) is 0 Å². The number of ether oxygens (including phenoxy) is 1. The van der Waals surface area contributed by atoms with Gasteiger partial charge in [-0.15, -0.1) is 0 Å². The monoisotopic (exact) mass is 257 g/mol. The molecule has 0 saturated heterocycles. The number of nitro groups is 1. The van der Waals surface area contributed by atoms with Crippen molar-refractivity contribution in [3.05, 3.63) is 64.2 Å². The summed E-state index contributed by atoms with van der Waals surface area (Å²) in [4.78, 5) is 21.3. The number of hydrogen-bond donors (Lipinski definition) is 0. The summed E-state index contributed by atoms with van der Waals surface area (Å²) in [7, 11) is 0. The van der Waals surface area contributed by atoms with Crippen molar-refractivity contribution in [3.8, 4) is 11.5 Å². The van der Waals surface area contributed by atoms with Crippen LogP contribution in [0.5, 0.6) is 11.5 Å². The standard InChI is InChI=1S/C14H11NO4/c1-10(16)11-5-7-13(8-6-11)19-14-4-2-3-12(9-14)15(17)18/h2-9H,1H3. The van der Waals surface area contributed by atoms with Crippen LogP contribution in [0.3, 0.4) is 0 Å². The molecule has 5 heteroatoms. The number of rotatable bonds is 4. The van der Waals surface area contributed by atoms with Gasteiger partial charge in [0.1, 0.15) is 11.5 Å². The van der Waals surface area contributed by atoms with Crippen LogP contribution in [0.1, 0.15) is 17.3 Å². The molecule has 0 saturated carbocycles. The number of hydrogen-bond acceptors (Lipinski definition) is 4. The summed E-state index contributed by atoms with van der Waals surface area (Å²) >= 11 is 0. The molecular formula is C14H11NO4. The number of nitrogens with zero attached hydrogens (tertiary/aromatic N) is 1. The Kier molecular flexibility index (Phi) is 3.56. The molecule has 0 spiro atoms. The lowest BCUT2D eigenvalue weighted by atomic mass is 10.1. The van der Waals surface area contributed by atoms with E-state index in [1.165, 1.54) is 19.1 Å². The third kappa shape index (κ3) is 3.16. The average Bonchev–Trinajstić information content (AvgIpc) is 2.39. The molecule has 0 unspecified atom stereocenters. The van der Waals surface area contributed by atoms with Crippen molar-refractivity contribution in [1.82, 2.24) is 0 Å². The molecule has 0 atom stereocenters. The van der Waals surface area contributed by atoms with Crippen molar-refractivity contribution in [1.29, 1.82) is 0 Å². The zero-order chi connectivity index (χ0) is 13.8. The van der Waals surface area contributed by atoms with Crippen LogP contribution in [-0.4, -0.2) is 10.7 Å². The minimum absolute atomic E-state index is 0.0260. The van der Waals surface area contributed by atoms with E-state index >= 15 is 0 Å². The SMILES string of the molecule is CC(=O)c1ccc(Oc2cccc([N+](=O)[O-])c2)cc1. The lowest BCUT2D eigenvalue weighted by Crippen LogP contribution is -1.92. The highest BCUT2D eigenvalue weighted by Gasteiger charge is 2.07. The molecule has 2 rings (SSSR count). The Morgan fingerprint density at radius 1 is 1.11 bits per heavy atom. The molecule has 0 N–H and O–H groups in total. The third-order valence-corrected chi connectivity index (χ3v) is 2.52. The van der Waals surface area contributed by atoms with Crippen LogP contribution < -0.4 is 4.74 Å². The number of non-ortho nitro benzene ring substituents is 1. The number of benzene rings is 2. The van der Waals surface area contributed by atoms with Gasteiger partial charge in [0.15, 0.2) is 5.78 Å². The number of ketones is 1. The third-order valence-electron chi connectivity index (χ3n) is 2.52. The molecule has 0 amide bonds. The van der Waals surface area contributed by atoms with Gasteiger partial charge in [-0.2, -0.15) is 0 Å². The first-order valence-electron chi connectivity index (χ1n) is 5.59. The van der Waals surface area contributed by atoms with E-state index in [9.17, 15) is 14.9 Å². The van der Waals surface area contributed by atoms with Gasteiger partial charge < -0.3 is 4.74 Å². The van der Waals surface area contributed by atoms with Gasteiger partial charge in [0.05, 0.1) is 11.0 Å². The lowest BCUT2D eigenvalue weighted by molar-refractivity contribution is -0.384. The Labute approximate surface area is 109 Å². The van der Waals surface area contributed by atoms with E-state index in [0.29, 0.717) is 17.1 Å². The number of carbonyl (C=O) groups is 1. The molecule has 5 nitrogen and oxygen atoms in total. The van der Waals surface area contributed by atoms with Crippen molar-refractivity contribution in [3.63, 3.8) is 0 Å². The molecule has 96 valence electrons. The van der Waals surface area contributed by atoms with E-state index in [0.717, 1.165) is 0 Å². The Balaban J connectivity index is 2.19. The fourth-order valence-electron chi connectivity index (χ4n) is 1.55. The summed E-state index contributed by atoms with van der Waals surface area (Å²) in [6.45, 7) is 1.48. The van der Waals surface area contributed by atoms with E-state index < -0.39 is 4.92 Å². The smallest absolute Gasteiger partial charge is 0.273 e. The normalized spacial score (nSPS) is 9.95. The van der Waals surface area contributed by atoms with Gasteiger partial charge in [-0.1, -0.05) is 6.07 Å². The fraction of sp³-hybridized carbons (Fsp3) is 0.0714. The molecule has 0 aliphatic rings. The maximum absolute atomic E-state index is 11.1. The first-order chi connectivity index (χ1) is 9.06. The van der Waals surface area contributed by atoms with E-state index in [-0.39, 0.29) is 11.5 Å². The van der Waals surface area contributed by atoms with Gasteiger partial charge in [0.25, 0.3) is 5.69 Å². The first-order valence-corrected chi connectivity index (χ1v) is 5.59. The Bertz CT molecular complexity index is 620. The zero-order valence-electron chi connectivity index (χ0n) is 10.2. The Morgan fingerprint density at radius 3 is 2.37 bits per heavy atom. The van der Waals surface area contributed by atoms with Crippen LogP contribution in [0, 0.1) is 10.1 Å². The molecule has 0 aromatic heterocycles.